The second-order valence-corrected chi connectivity index (χ2v) is 36.8. The first-order valence-corrected chi connectivity index (χ1v) is 49.1. The Morgan fingerprint density at radius 2 is 0.283 bits per heavy atom. The quantitative estimate of drug-likeness (QED) is 0.159. The average molecular weight is 1770 g/mol. The number of aryl methyl sites for hydroxylation is 6. The second-order valence-electron chi connectivity index (χ2n) is 36.8. The van der Waals surface area contributed by atoms with Gasteiger partial charge < -0.3 is 27.4 Å². The van der Waals surface area contributed by atoms with Crippen molar-refractivity contribution in [1.29, 1.82) is 0 Å². The van der Waals surface area contributed by atoms with E-state index in [9.17, 15) is 0 Å². The molecule has 0 spiro atoms. The Kier molecular flexibility index (Phi) is 20.6. The summed E-state index contributed by atoms with van der Waals surface area (Å²) in [7, 11) is 0. The lowest BCUT2D eigenvalue weighted by Crippen LogP contribution is -1.93. The van der Waals surface area contributed by atoms with Crippen LogP contribution in [0.2, 0.25) is 0 Å². The number of nitrogens with zero attached hydrogens (tertiary/aromatic N) is 6. The van der Waals surface area contributed by atoms with Gasteiger partial charge in [-0.3, -0.25) is 0 Å². The molecule has 0 atom stereocenters. The summed E-state index contributed by atoms with van der Waals surface area (Å²) in [6.07, 6.45) is 0. The number of hydrogen-bond acceptors (Lipinski definition) is 0. The van der Waals surface area contributed by atoms with Crippen LogP contribution in [0.5, 0.6) is 0 Å². The van der Waals surface area contributed by atoms with E-state index < -0.39 is 0 Å². The largest absolute Gasteiger partial charge is 0.341 e. The van der Waals surface area contributed by atoms with Gasteiger partial charge in [-0.05, 0) is 228 Å². The maximum absolute atomic E-state index is 2.46. The van der Waals surface area contributed by atoms with Gasteiger partial charge in [0, 0.05) is 170 Å². The summed E-state index contributed by atoms with van der Waals surface area (Å²) < 4.78 is 14.7. The van der Waals surface area contributed by atoms with Gasteiger partial charge in [0.05, 0.1) is 22.1 Å². The van der Waals surface area contributed by atoms with Gasteiger partial charge in [-0.15, -0.1) is 0 Å². The van der Waals surface area contributed by atoms with Crippen LogP contribution in [0.25, 0.3) is 260 Å². The minimum absolute atomic E-state index is 0.979. The molecule has 0 bridgehead atoms. The third-order valence-corrected chi connectivity index (χ3v) is 29.6. The molecule has 660 valence electrons. The van der Waals surface area contributed by atoms with Gasteiger partial charge in [0.2, 0.25) is 0 Å². The smallest absolute Gasteiger partial charge is 0.0571 e. The zero-order chi connectivity index (χ0) is 92.3. The Labute approximate surface area is 799 Å². The number of hydrogen-bond donors (Lipinski definition) is 0. The fourth-order valence-electron chi connectivity index (χ4n) is 23.4. The van der Waals surface area contributed by atoms with Gasteiger partial charge in [0.1, 0.15) is 0 Å². The second kappa shape index (κ2) is 34.3. The zero-order valence-electron chi connectivity index (χ0n) is 78.5. The van der Waals surface area contributed by atoms with E-state index in [0.717, 1.165) is 39.3 Å². The molecular weight excluding hydrogens is 1670 g/mol. The summed E-state index contributed by atoms with van der Waals surface area (Å²) in [5.74, 6) is 0. The van der Waals surface area contributed by atoms with Gasteiger partial charge in [-0.1, -0.05) is 358 Å². The lowest BCUT2D eigenvalue weighted by atomic mass is 10.0. The molecule has 0 fully saturated rings. The van der Waals surface area contributed by atoms with Crippen LogP contribution in [0, 0.1) is 0 Å². The molecule has 0 unspecified atom stereocenters. The highest BCUT2D eigenvalue weighted by atomic mass is 15.0. The fraction of sp³-hybridized carbons (Fsp3) is 0.0909. The Morgan fingerprint density at radius 3 is 0.558 bits per heavy atom. The lowest BCUT2D eigenvalue weighted by Gasteiger charge is -2.06. The summed E-state index contributed by atoms with van der Waals surface area (Å²) in [5, 5.41) is 48.0. The van der Waals surface area contributed by atoms with Crippen molar-refractivity contribution in [3.05, 3.63) is 437 Å². The van der Waals surface area contributed by atoms with Crippen LogP contribution in [0.4, 0.5) is 0 Å². The van der Waals surface area contributed by atoms with Gasteiger partial charge >= 0.3 is 0 Å². The van der Waals surface area contributed by atoms with Crippen molar-refractivity contribution in [3.8, 4) is 0 Å². The molecule has 138 heavy (non-hydrogen) atoms. The van der Waals surface area contributed by atoms with Gasteiger partial charge in [-0.25, -0.2) is 0 Å². The minimum atomic E-state index is 0.979. The minimum Gasteiger partial charge on any atom is -0.341 e. The Hall–Kier alpha value is -16.8. The molecule has 30 aromatic rings. The highest BCUT2D eigenvalue weighted by Gasteiger charge is 2.22. The standard InChI is InChI=1S/6C22H17N/c1-2-23-21-13-17-9-5-3-7-15(17)11-19(21)20-12-16-8-4-6-10-18(16)14-22(20)23;2*1-2-23-20-14-12-15-7-3-5-9-17(15)21(20)19-13-11-16-8-4-6-10-18(16)22(19)23;1-2-23-20-12-11-15-7-5-6-10-18(15)22(20)19-13-16-8-3-4-9-17(16)14-21(19)23;2*1-2-23-21-14-17-9-4-3-8-16(17)13-20(21)19-12-11-15-7-5-6-10-18(15)22(19)23/h6*3-14H,2H2,1H3. The number of rotatable bonds is 6. The van der Waals surface area contributed by atoms with E-state index in [-0.39, 0.29) is 0 Å². The third kappa shape index (κ3) is 13.6. The monoisotopic (exact) mass is 1770 g/mol. The van der Waals surface area contributed by atoms with Crippen molar-refractivity contribution in [3.63, 3.8) is 0 Å². The van der Waals surface area contributed by atoms with Crippen LogP contribution in [0.15, 0.2) is 437 Å². The van der Waals surface area contributed by atoms with E-state index in [0.29, 0.717) is 0 Å². The molecule has 0 radical (unpaired) electrons. The number of aromatic nitrogens is 6. The van der Waals surface area contributed by atoms with Crippen LogP contribution >= 0.6 is 0 Å². The first-order chi connectivity index (χ1) is 68.2. The Bertz CT molecular complexity index is 9490. The van der Waals surface area contributed by atoms with E-state index in [1.165, 1.54) is 260 Å². The predicted octanol–water partition coefficient (Wildman–Crippen LogP) is 36.7. The van der Waals surface area contributed by atoms with E-state index in [2.05, 4.69) is 506 Å². The topological polar surface area (TPSA) is 29.6 Å². The summed E-state index contributed by atoms with van der Waals surface area (Å²) in [4.78, 5) is 0. The molecule has 0 aliphatic rings. The van der Waals surface area contributed by atoms with Crippen molar-refractivity contribution in [2.45, 2.75) is 80.8 Å². The molecule has 0 saturated heterocycles. The van der Waals surface area contributed by atoms with Crippen LogP contribution in [0.3, 0.4) is 0 Å². The number of benzene rings is 24. The van der Waals surface area contributed by atoms with Gasteiger partial charge in [-0.2, -0.15) is 0 Å². The van der Waals surface area contributed by atoms with E-state index in [1.54, 1.807) is 0 Å². The van der Waals surface area contributed by atoms with Crippen molar-refractivity contribution in [2.24, 2.45) is 0 Å². The molecule has 0 aliphatic carbocycles. The molecule has 30 rings (SSSR count). The molecule has 24 aromatic carbocycles. The van der Waals surface area contributed by atoms with Crippen molar-refractivity contribution in [2.75, 3.05) is 0 Å². The summed E-state index contributed by atoms with van der Waals surface area (Å²) in [5.41, 5.74) is 16.1. The Balaban J connectivity index is 0.0000000878. The molecule has 0 aliphatic heterocycles. The van der Waals surface area contributed by atoms with Crippen molar-refractivity contribution < 1.29 is 0 Å². The lowest BCUT2D eigenvalue weighted by molar-refractivity contribution is 0.828. The SMILES string of the molecule is CCn1c2cc3ccccc3cc2c2c3ccccc3ccc21.CCn1c2cc3ccccc3cc2c2cc3ccccc3cc21.CCn1c2cc3ccccc3cc2c2ccc3ccccc3c21.CCn1c2cc3ccccc3cc2c2ccc3ccccc3c21.CCn1c2ccc3ccccc3c2c2ccc3ccccc3c21.CCn1c2ccc3ccccc3c2c2ccc3ccccc3c21. The molecule has 6 nitrogen and oxygen atoms in total. The highest BCUT2D eigenvalue weighted by Crippen LogP contribution is 2.45. The van der Waals surface area contributed by atoms with Crippen LogP contribution in [-0.4, -0.2) is 27.4 Å². The van der Waals surface area contributed by atoms with Crippen molar-refractivity contribution in [1.82, 2.24) is 27.4 Å². The first kappa shape index (κ1) is 83.1. The summed E-state index contributed by atoms with van der Waals surface area (Å²) in [6, 6.07) is 159. The van der Waals surface area contributed by atoms with E-state index in [1.807, 2.05) is 0 Å². The molecule has 6 heterocycles. The van der Waals surface area contributed by atoms with Crippen LogP contribution < -0.4 is 0 Å². The normalized spacial score (nSPS) is 11.9. The molecule has 6 heteroatoms. The predicted molar refractivity (Wildman–Crippen MR) is 601 cm³/mol. The maximum atomic E-state index is 2.46. The first-order valence-electron chi connectivity index (χ1n) is 49.1. The summed E-state index contributed by atoms with van der Waals surface area (Å²) >= 11 is 0. The van der Waals surface area contributed by atoms with E-state index in [4.69, 9.17) is 0 Å². The molecular formula is C132H102N6. The van der Waals surface area contributed by atoms with Gasteiger partial charge in [0.25, 0.3) is 0 Å². The number of fused-ring (bicyclic) bond motifs is 37. The molecule has 6 aromatic heterocycles. The molecule has 0 amide bonds. The third-order valence-electron chi connectivity index (χ3n) is 29.6. The van der Waals surface area contributed by atoms with Crippen LogP contribution in [-0.2, 0) is 39.3 Å². The zero-order valence-corrected chi connectivity index (χ0v) is 78.5. The van der Waals surface area contributed by atoms with Gasteiger partial charge in [0.15, 0.2) is 0 Å². The summed E-state index contributed by atoms with van der Waals surface area (Å²) in [6.45, 7) is 19.3. The Morgan fingerprint density at radius 1 is 0.116 bits per heavy atom. The average Bonchev–Trinajstić information content (AvgIpc) is 1.99. The van der Waals surface area contributed by atoms with E-state index >= 15 is 0 Å². The molecule has 0 N–H and O–H groups in total. The van der Waals surface area contributed by atoms with Crippen LogP contribution in [0.1, 0.15) is 41.5 Å². The highest BCUT2D eigenvalue weighted by molar-refractivity contribution is 6.29. The fourth-order valence-corrected chi connectivity index (χ4v) is 23.4. The maximum Gasteiger partial charge on any atom is 0.0571 e. The van der Waals surface area contributed by atoms with Crippen molar-refractivity contribution >= 4 is 260 Å². The molecule has 0 saturated carbocycles.